The molecule has 1 amide bonds. The molecule has 0 saturated heterocycles. The van der Waals surface area contributed by atoms with Crippen LogP contribution >= 0.6 is 15.9 Å². The summed E-state index contributed by atoms with van der Waals surface area (Å²) in [5.74, 6) is 0.237. The Morgan fingerprint density at radius 2 is 1.66 bits per heavy atom. The molecule has 0 spiro atoms. The van der Waals surface area contributed by atoms with Gasteiger partial charge in [-0.25, -0.2) is 0 Å². The van der Waals surface area contributed by atoms with Crippen LogP contribution in [0.3, 0.4) is 0 Å². The summed E-state index contributed by atoms with van der Waals surface area (Å²) in [7, 11) is 1.56. The van der Waals surface area contributed by atoms with E-state index in [4.69, 9.17) is 4.74 Å². The minimum atomic E-state index is -0.258. The standard InChI is InChI=1S/C25H19BrN4O2/c1-15-12-21-22(29-30(28-21)17-9-4-3-5-10-17)14-20(15)27-25(31)19-13-16-8-6-7-11-18(16)23(26)24(19)32-2/h3-14H,1-2H3,(H,27,31). The van der Waals surface area contributed by atoms with Crippen molar-refractivity contribution in [1.29, 1.82) is 0 Å². The van der Waals surface area contributed by atoms with Gasteiger partial charge in [0.05, 0.1) is 22.8 Å². The molecule has 6 nitrogen and oxygen atoms in total. The number of nitrogens with zero attached hydrogens (tertiary/aromatic N) is 3. The number of rotatable bonds is 4. The molecule has 1 N–H and O–H groups in total. The number of halogens is 1. The molecule has 4 aromatic carbocycles. The highest BCUT2D eigenvalue weighted by Gasteiger charge is 2.19. The van der Waals surface area contributed by atoms with Crippen LogP contribution in [0.5, 0.6) is 5.75 Å². The normalized spacial score (nSPS) is 11.1. The lowest BCUT2D eigenvalue weighted by atomic mass is 10.0. The number of nitrogens with one attached hydrogen (secondary N) is 1. The van der Waals surface area contributed by atoms with Gasteiger partial charge in [-0.3, -0.25) is 4.79 Å². The average molecular weight is 487 g/mol. The third-order valence-corrected chi connectivity index (χ3v) is 6.14. The zero-order valence-electron chi connectivity index (χ0n) is 17.5. The van der Waals surface area contributed by atoms with Gasteiger partial charge >= 0.3 is 0 Å². The Morgan fingerprint density at radius 1 is 0.969 bits per heavy atom. The van der Waals surface area contributed by atoms with E-state index in [0.29, 0.717) is 22.5 Å². The first kappa shape index (κ1) is 20.2. The first-order chi connectivity index (χ1) is 15.5. The number of amides is 1. The first-order valence-corrected chi connectivity index (χ1v) is 10.8. The van der Waals surface area contributed by atoms with Crippen LogP contribution in [0.15, 0.2) is 77.3 Å². The van der Waals surface area contributed by atoms with Crippen molar-refractivity contribution in [3.8, 4) is 11.4 Å². The molecule has 32 heavy (non-hydrogen) atoms. The lowest BCUT2D eigenvalue weighted by Crippen LogP contribution is -2.14. The van der Waals surface area contributed by atoms with Crippen molar-refractivity contribution in [2.45, 2.75) is 6.92 Å². The van der Waals surface area contributed by atoms with Gasteiger partial charge in [-0.2, -0.15) is 4.80 Å². The zero-order valence-corrected chi connectivity index (χ0v) is 19.1. The quantitative estimate of drug-likeness (QED) is 0.343. The number of carbonyl (C=O) groups excluding carboxylic acids is 1. The van der Waals surface area contributed by atoms with Gasteiger partial charge in [0.25, 0.3) is 5.91 Å². The number of methoxy groups -OCH3 is 1. The highest BCUT2D eigenvalue weighted by Crippen LogP contribution is 2.37. The van der Waals surface area contributed by atoms with Gasteiger partial charge in [-0.05, 0) is 69.5 Å². The lowest BCUT2D eigenvalue weighted by Gasteiger charge is -2.14. The summed E-state index contributed by atoms with van der Waals surface area (Å²) >= 11 is 3.59. The predicted octanol–water partition coefficient (Wildman–Crippen LogP) is 5.91. The number of fused-ring (bicyclic) bond motifs is 2. The SMILES string of the molecule is COc1c(C(=O)Nc2cc3nn(-c4ccccc4)nc3cc2C)cc2ccccc2c1Br. The number of hydrogen-bond acceptors (Lipinski definition) is 4. The second-order valence-electron chi connectivity index (χ2n) is 7.43. The minimum absolute atomic E-state index is 0.258. The Labute approximate surface area is 192 Å². The van der Waals surface area contributed by atoms with Gasteiger partial charge in [0.2, 0.25) is 0 Å². The number of carbonyl (C=O) groups is 1. The summed E-state index contributed by atoms with van der Waals surface area (Å²) < 4.78 is 6.31. The van der Waals surface area contributed by atoms with Crippen molar-refractivity contribution in [2.24, 2.45) is 0 Å². The van der Waals surface area contributed by atoms with Crippen LogP contribution in [0.4, 0.5) is 5.69 Å². The summed E-state index contributed by atoms with van der Waals surface area (Å²) in [5, 5.41) is 14.1. The zero-order chi connectivity index (χ0) is 22.2. The Morgan fingerprint density at radius 3 is 2.41 bits per heavy atom. The fraction of sp³-hybridized carbons (Fsp3) is 0.0800. The van der Waals surface area contributed by atoms with Crippen LogP contribution in [0.1, 0.15) is 15.9 Å². The number of ether oxygens (including phenoxy) is 1. The number of aryl methyl sites for hydroxylation is 1. The maximum Gasteiger partial charge on any atom is 0.259 e. The Kier molecular flexibility index (Phi) is 5.11. The Balaban J connectivity index is 1.53. The largest absolute Gasteiger partial charge is 0.495 e. The number of hydrogen-bond donors (Lipinski definition) is 1. The fourth-order valence-corrected chi connectivity index (χ4v) is 4.46. The van der Waals surface area contributed by atoms with Crippen LogP contribution < -0.4 is 10.1 Å². The summed E-state index contributed by atoms with van der Waals surface area (Å²) in [5.41, 5.74) is 4.35. The number of benzene rings is 4. The monoisotopic (exact) mass is 486 g/mol. The Bertz CT molecular complexity index is 1480. The topological polar surface area (TPSA) is 69.0 Å². The van der Waals surface area contributed by atoms with E-state index in [1.165, 1.54) is 0 Å². The summed E-state index contributed by atoms with van der Waals surface area (Å²) in [6, 6.07) is 23.2. The van der Waals surface area contributed by atoms with Gasteiger partial charge < -0.3 is 10.1 Å². The van der Waals surface area contributed by atoms with Gasteiger partial charge in [0.15, 0.2) is 0 Å². The molecule has 1 aromatic heterocycles. The summed E-state index contributed by atoms with van der Waals surface area (Å²) in [6.45, 7) is 1.93. The molecule has 1 heterocycles. The summed E-state index contributed by atoms with van der Waals surface area (Å²) in [4.78, 5) is 14.8. The van der Waals surface area contributed by atoms with Gasteiger partial charge in [0, 0.05) is 5.69 Å². The molecule has 5 rings (SSSR count). The highest BCUT2D eigenvalue weighted by atomic mass is 79.9. The molecule has 0 radical (unpaired) electrons. The molecule has 0 aliphatic rings. The smallest absolute Gasteiger partial charge is 0.259 e. The van der Waals surface area contributed by atoms with Crippen molar-refractivity contribution in [1.82, 2.24) is 15.0 Å². The summed E-state index contributed by atoms with van der Waals surface area (Å²) in [6.07, 6.45) is 0. The fourth-order valence-electron chi connectivity index (χ4n) is 3.72. The van der Waals surface area contributed by atoms with Gasteiger partial charge in [-0.1, -0.05) is 42.5 Å². The molecule has 0 bridgehead atoms. The van der Waals surface area contributed by atoms with E-state index in [1.54, 1.807) is 11.9 Å². The third-order valence-electron chi connectivity index (χ3n) is 5.35. The van der Waals surface area contributed by atoms with E-state index in [1.807, 2.05) is 79.7 Å². The second-order valence-corrected chi connectivity index (χ2v) is 8.22. The molecular weight excluding hydrogens is 468 g/mol. The van der Waals surface area contributed by atoms with Crippen LogP contribution in [0, 0.1) is 6.92 Å². The molecule has 0 aliphatic heterocycles. The predicted molar refractivity (Wildman–Crippen MR) is 130 cm³/mol. The third kappa shape index (κ3) is 3.50. The van der Waals surface area contributed by atoms with Crippen LogP contribution in [-0.4, -0.2) is 28.0 Å². The second kappa shape index (κ2) is 8.09. The number of anilines is 1. The van der Waals surface area contributed by atoms with Crippen LogP contribution in [0.25, 0.3) is 27.5 Å². The molecule has 0 fully saturated rings. The molecule has 5 aromatic rings. The molecule has 7 heteroatoms. The molecule has 0 unspecified atom stereocenters. The lowest BCUT2D eigenvalue weighted by molar-refractivity contribution is 0.102. The molecule has 0 saturated carbocycles. The maximum atomic E-state index is 13.3. The first-order valence-electron chi connectivity index (χ1n) is 10.0. The molecule has 158 valence electrons. The van der Waals surface area contributed by atoms with Gasteiger partial charge in [-0.15, -0.1) is 10.2 Å². The number of aromatic nitrogens is 3. The van der Waals surface area contributed by atoms with E-state index in [-0.39, 0.29) is 5.91 Å². The van der Waals surface area contributed by atoms with E-state index in [2.05, 4.69) is 31.4 Å². The van der Waals surface area contributed by atoms with Gasteiger partial charge in [0.1, 0.15) is 16.8 Å². The van der Waals surface area contributed by atoms with Crippen LogP contribution in [-0.2, 0) is 0 Å². The maximum absolute atomic E-state index is 13.3. The van der Waals surface area contributed by atoms with Crippen molar-refractivity contribution in [3.05, 3.63) is 88.4 Å². The van der Waals surface area contributed by atoms with E-state index in [0.717, 1.165) is 32.0 Å². The van der Waals surface area contributed by atoms with Crippen molar-refractivity contribution >= 4 is 49.3 Å². The molecule has 0 aliphatic carbocycles. The van der Waals surface area contributed by atoms with E-state index in [9.17, 15) is 4.79 Å². The minimum Gasteiger partial charge on any atom is -0.495 e. The van der Waals surface area contributed by atoms with Crippen LogP contribution in [0.2, 0.25) is 0 Å². The van der Waals surface area contributed by atoms with Crippen molar-refractivity contribution in [3.63, 3.8) is 0 Å². The number of para-hydroxylation sites is 1. The Hall–Kier alpha value is -3.71. The van der Waals surface area contributed by atoms with E-state index >= 15 is 0 Å². The van der Waals surface area contributed by atoms with E-state index < -0.39 is 0 Å². The average Bonchev–Trinajstić information content (AvgIpc) is 3.22. The molecule has 0 atom stereocenters. The highest BCUT2D eigenvalue weighted by molar-refractivity contribution is 9.10. The van der Waals surface area contributed by atoms with Crippen molar-refractivity contribution < 1.29 is 9.53 Å². The molecular formula is C25H19BrN4O2. The van der Waals surface area contributed by atoms with Crippen molar-refractivity contribution in [2.75, 3.05) is 12.4 Å².